The molecule has 0 aliphatic rings. The van der Waals surface area contributed by atoms with Crippen molar-refractivity contribution in [2.45, 2.75) is 19.3 Å². The van der Waals surface area contributed by atoms with Crippen LogP contribution in [0.25, 0.3) is 11.3 Å². The van der Waals surface area contributed by atoms with Gasteiger partial charge in [0.15, 0.2) is 0 Å². The molecule has 9 heteroatoms. The zero-order valence-corrected chi connectivity index (χ0v) is 11.4. The summed E-state index contributed by atoms with van der Waals surface area (Å²) in [5.74, 6) is -0.715. The van der Waals surface area contributed by atoms with E-state index < -0.39 is 29.4 Å². The third-order valence-corrected chi connectivity index (χ3v) is 2.94. The van der Waals surface area contributed by atoms with E-state index in [-0.39, 0.29) is 16.8 Å². The van der Waals surface area contributed by atoms with Gasteiger partial charge in [-0.25, -0.2) is 9.97 Å². The van der Waals surface area contributed by atoms with Gasteiger partial charge in [-0.15, -0.1) is 0 Å². The largest absolute Gasteiger partial charge is 0.433 e. The monoisotopic (exact) mass is 331 g/mol. The first-order valence-corrected chi connectivity index (χ1v) is 6.07. The van der Waals surface area contributed by atoms with E-state index in [1.165, 1.54) is 13.0 Å². The minimum Gasteiger partial charge on any atom is -0.219 e. The second-order valence-electron chi connectivity index (χ2n) is 4.60. The van der Waals surface area contributed by atoms with Gasteiger partial charge in [0.2, 0.25) is 5.82 Å². The average Bonchev–Trinajstić information content (AvgIpc) is 2.44. The van der Waals surface area contributed by atoms with Gasteiger partial charge in [0.1, 0.15) is 11.8 Å². The summed E-state index contributed by atoms with van der Waals surface area (Å²) in [5, 5.41) is 8.71. The molecule has 0 bridgehead atoms. The Balaban J connectivity index is 2.59. The summed E-state index contributed by atoms with van der Waals surface area (Å²) in [6.45, 7) is 1.18. The molecule has 0 saturated carbocycles. The van der Waals surface area contributed by atoms with Crippen LogP contribution in [0.3, 0.4) is 0 Å². The van der Waals surface area contributed by atoms with Crippen molar-refractivity contribution in [1.29, 1.82) is 5.26 Å². The Morgan fingerprint density at radius 2 is 1.61 bits per heavy atom. The fourth-order valence-corrected chi connectivity index (χ4v) is 1.93. The molecule has 2 rings (SSSR count). The van der Waals surface area contributed by atoms with Gasteiger partial charge in [0.05, 0.1) is 11.3 Å². The van der Waals surface area contributed by atoms with E-state index in [1.54, 1.807) is 0 Å². The van der Waals surface area contributed by atoms with E-state index in [9.17, 15) is 26.3 Å². The first-order valence-electron chi connectivity index (χ1n) is 6.07. The highest BCUT2D eigenvalue weighted by Crippen LogP contribution is 2.35. The van der Waals surface area contributed by atoms with Gasteiger partial charge in [-0.2, -0.15) is 31.6 Å². The van der Waals surface area contributed by atoms with Crippen LogP contribution in [0, 0.1) is 18.3 Å². The molecule has 1 aromatic carbocycles. The van der Waals surface area contributed by atoms with Crippen molar-refractivity contribution in [3.05, 3.63) is 46.9 Å². The van der Waals surface area contributed by atoms with E-state index in [4.69, 9.17) is 5.26 Å². The zero-order chi connectivity index (χ0) is 17.4. The molecular formula is C14H7F6N3. The molecule has 1 heterocycles. The SMILES string of the molecule is Cc1cc(-c2cc(C(F)(F)F)nc(C#N)n2)ccc1C(F)(F)F. The summed E-state index contributed by atoms with van der Waals surface area (Å²) in [7, 11) is 0. The highest BCUT2D eigenvalue weighted by Gasteiger charge is 2.34. The average molecular weight is 331 g/mol. The number of aromatic nitrogens is 2. The molecule has 0 amide bonds. The molecule has 1 aromatic heterocycles. The number of alkyl halides is 6. The van der Waals surface area contributed by atoms with Crippen LogP contribution < -0.4 is 0 Å². The molecule has 0 aliphatic carbocycles. The van der Waals surface area contributed by atoms with Crippen LogP contribution in [0.5, 0.6) is 0 Å². The van der Waals surface area contributed by atoms with Gasteiger partial charge in [-0.3, -0.25) is 0 Å². The molecule has 0 radical (unpaired) electrons. The fourth-order valence-electron chi connectivity index (χ4n) is 1.93. The molecule has 0 atom stereocenters. The second kappa shape index (κ2) is 5.53. The summed E-state index contributed by atoms with van der Waals surface area (Å²) < 4.78 is 76.4. The van der Waals surface area contributed by atoms with Crippen LogP contribution in [-0.2, 0) is 12.4 Å². The van der Waals surface area contributed by atoms with E-state index in [2.05, 4.69) is 9.97 Å². The van der Waals surface area contributed by atoms with Crippen LogP contribution in [0.4, 0.5) is 26.3 Å². The molecule has 0 saturated heterocycles. The lowest BCUT2D eigenvalue weighted by molar-refractivity contribution is -0.141. The van der Waals surface area contributed by atoms with Crippen molar-refractivity contribution in [3.63, 3.8) is 0 Å². The maximum Gasteiger partial charge on any atom is 0.433 e. The fraction of sp³-hybridized carbons (Fsp3) is 0.214. The first kappa shape index (κ1) is 16.7. The minimum atomic E-state index is -4.80. The predicted octanol–water partition coefficient (Wildman–Crippen LogP) is 4.36. The Morgan fingerprint density at radius 3 is 2.09 bits per heavy atom. The van der Waals surface area contributed by atoms with Crippen LogP contribution in [0.2, 0.25) is 0 Å². The molecule has 0 aliphatic heterocycles. The number of hydrogen-bond acceptors (Lipinski definition) is 3. The molecule has 0 spiro atoms. The number of hydrogen-bond donors (Lipinski definition) is 0. The van der Waals surface area contributed by atoms with Gasteiger partial charge in [0, 0.05) is 5.56 Å². The number of aryl methyl sites for hydroxylation is 1. The summed E-state index contributed by atoms with van der Waals surface area (Å²) in [6, 6.07) is 4.80. The zero-order valence-electron chi connectivity index (χ0n) is 11.4. The maximum atomic E-state index is 12.8. The third kappa shape index (κ3) is 3.59. The lowest BCUT2D eigenvalue weighted by Crippen LogP contribution is -2.11. The quantitative estimate of drug-likeness (QED) is 0.730. The van der Waals surface area contributed by atoms with E-state index >= 15 is 0 Å². The Kier molecular flexibility index (Phi) is 4.03. The van der Waals surface area contributed by atoms with Crippen molar-refractivity contribution in [1.82, 2.24) is 9.97 Å². The molecule has 120 valence electrons. The van der Waals surface area contributed by atoms with Gasteiger partial charge in [0.25, 0.3) is 0 Å². The van der Waals surface area contributed by atoms with E-state index in [0.717, 1.165) is 18.2 Å². The summed E-state index contributed by atoms with van der Waals surface area (Å²) >= 11 is 0. The number of nitriles is 1. The van der Waals surface area contributed by atoms with Crippen molar-refractivity contribution < 1.29 is 26.3 Å². The second-order valence-corrected chi connectivity index (χ2v) is 4.60. The normalized spacial score (nSPS) is 12.1. The Hall–Kier alpha value is -2.63. The van der Waals surface area contributed by atoms with Gasteiger partial charge in [-0.1, -0.05) is 6.07 Å². The Bertz CT molecular complexity index is 787. The number of rotatable bonds is 1. The van der Waals surface area contributed by atoms with Crippen LogP contribution >= 0.6 is 0 Å². The molecule has 23 heavy (non-hydrogen) atoms. The molecule has 0 fully saturated rings. The minimum absolute atomic E-state index is 0.0277. The summed E-state index contributed by atoms with van der Waals surface area (Å²) in [5.41, 5.74) is -2.65. The third-order valence-electron chi connectivity index (χ3n) is 2.94. The van der Waals surface area contributed by atoms with Crippen LogP contribution in [-0.4, -0.2) is 9.97 Å². The number of nitrogens with zero attached hydrogens (tertiary/aromatic N) is 3. The van der Waals surface area contributed by atoms with Crippen LogP contribution in [0.1, 0.15) is 22.6 Å². The maximum absolute atomic E-state index is 12.8. The van der Waals surface area contributed by atoms with Gasteiger partial charge >= 0.3 is 12.4 Å². The molecule has 3 nitrogen and oxygen atoms in total. The number of halogens is 6. The lowest BCUT2D eigenvalue weighted by atomic mass is 10.0. The topological polar surface area (TPSA) is 49.6 Å². The number of benzene rings is 1. The van der Waals surface area contributed by atoms with Gasteiger partial charge in [-0.05, 0) is 30.7 Å². The molecule has 0 N–H and O–H groups in total. The van der Waals surface area contributed by atoms with Gasteiger partial charge < -0.3 is 0 Å². The highest BCUT2D eigenvalue weighted by molar-refractivity contribution is 5.62. The van der Waals surface area contributed by atoms with E-state index in [0.29, 0.717) is 6.07 Å². The Labute approximate surface area is 126 Å². The summed E-state index contributed by atoms with van der Waals surface area (Å²) in [4.78, 5) is 6.67. The molecular weight excluding hydrogens is 324 g/mol. The van der Waals surface area contributed by atoms with Crippen molar-refractivity contribution in [2.75, 3.05) is 0 Å². The molecule has 2 aromatic rings. The smallest absolute Gasteiger partial charge is 0.219 e. The Morgan fingerprint density at radius 1 is 0.957 bits per heavy atom. The van der Waals surface area contributed by atoms with Crippen LogP contribution in [0.15, 0.2) is 24.3 Å². The van der Waals surface area contributed by atoms with Crippen molar-refractivity contribution in [3.8, 4) is 17.3 Å². The molecule has 0 unspecified atom stereocenters. The highest BCUT2D eigenvalue weighted by atomic mass is 19.4. The predicted molar refractivity (Wildman–Crippen MR) is 66.9 cm³/mol. The summed E-state index contributed by atoms with van der Waals surface area (Å²) in [6.07, 6.45) is -9.37. The van der Waals surface area contributed by atoms with E-state index in [1.807, 2.05) is 0 Å². The standard InChI is InChI=1S/C14H7F6N3/c1-7-4-8(2-3-9(7)13(15,16)17)10-5-11(14(18,19)20)23-12(6-21)22-10/h2-5H,1H3. The lowest BCUT2D eigenvalue weighted by Gasteiger charge is -2.12. The first-order chi connectivity index (χ1) is 10.5. The van der Waals surface area contributed by atoms with Crippen molar-refractivity contribution in [2.24, 2.45) is 0 Å². The van der Waals surface area contributed by atoms with Crippen molar-refractivity contribution >= 4 is 0 Å².